The van der Waals surface area contributed by atoms with Crippen LogP contribution in [0.5, 0.6) is 5.75 Å². The zero-order chi connectivity index (χ0) is 15.1. The summed E-state index contributed by atoms with van der Waals surface area (Å²) in [5.41, 5.74) is 6.95. The van der Waals surface area contributed by atoms with Crippen molar-refractivity contribution >= 4 is 11.6 Å². The molecule has 1 heterocycles. The Hall–Kier alpha value is -2.43. The van der Waals surface area contributed by atoms with E-state index in [1.165, 1.54) is 0 Å². The fourth-order valence-corrected chi connectivity index (χ4v) is 2.09. The van der Waals surface area contributed by atoms with Crippen molar-refractivity contribution in [3.8, 4) is 5.75 Å². The number of nitrogens with one attached hydrogen (secondary N) is 1. The number of aromatic nitrogens is 1. The van der Waals surface area contributed by atoms with Gasteiger partial charge in [0.1, 0.15) is 18.1 Å². The third-order valence-electron chi connectivity index (χ3n) is 3.01. The number of anilines is 1. The highest BCUT2D eigenvalue weighted by Crippen LogP contribution is 2.11. The fraction of sp³-hybridized carbons (Fsp3) is 0.312. The molecule has 0 radical (unpaired) electrons. The van der Waals surface area contributed by atoms with Gasteiger partial charge in [-0.25, -0.2) is 0 Å². The van der Waals surface area contributed by atoms with Gasteiger partial charge in [-0.1, -0.05) is 25.1 Å². The number of benzene rings is 1. The maximum atomic E-state index is 12.1. The van der Waals surface area contributed by atoms with E-state index < -0.39 is 0 Å². The molecule has 1 aromatic carbocycles. The molecule has 3 N–H and O–H groups in total. The molecule has 0 bridgehead atoms. The number of aryl methyl sites for hydroxylation is 1. The SMILES string of the molecule is CCCn1cc(N)cc1C(=O)NCCOc1ccccc1. The lowest BCUT2D eigenvalue weighted by molar-refractivity contribution is 0.0937. The lowest BCUT2D eigenvalue weighted by Crippen LogP contribution is -2.29. The van der Waals surface area contributed by atoms with E-state index in [0.29, 0.717) is 24.5 Å². The Labute approximate surface area is 124 Å². The molecular weight excluding hydrogens is 266 g/mol. The maximum absolute atomic E-state index is 12.1. The van der Waals surface area contributed by atoms with Gasteiger partial charge in [-0.2, -0.15) is 0 Å². The van der Waals surface area contributed by atoms with Gasteiger partial charge in [-0.15, -0.1) is 0 Å². The summed E-state index contributed by atoms with van der Waals surface area (Å²) in [5.74, 6) is 0.669. The molecule has 0 saturated heterocycles. The van der Waals surface area contributed by atoms with Crippen LogP contribution in [0.3, 0.4) is 0 Å². The standard InChI is InChI=1S/C16H21N3O2/c1-2-9-19-12-13(17)11-15(19)16(20)18-8-10-21-14-6-4-3-5-7-14/h3-7,11-12H,2,8-10,17H2,1H3,(H,18,20). The van der Waals surface area contributed by atoms with Crippen molar-refractivity contribution in [1.82, 2.24) is 9.88 Å². The first-order chi connectivity index (χ1) is 10.2. The van der Waals surface area contributed by atoms with E-state index in [9.17, 15) is 4.79 Å². The first-order valence-corrected chi connectivity index (χ1v) is 7.12. The maximum Gasteiger partial charge on any atom is 0.268 e. The monoisotopic (exact) mass is 287 g/mol. The molecule has 112 valence electrons. The van der Waals surface area contributed by atoms with E-state index in [0.717, 1.165) is 18.7 Å². The largest absolute Gasteiger partial charge is 0.492 e. The van der Waals surface area contributed by atoms with Gasteiger partial charge in [-0.05, 0) is 24.6 Å². The molecule has 0 aliphatic heterocycles. The third kappa shape index (κ3) is 4.27. The van der Waals surface area contributed by atoms with Gasteiger partial charge in [0.05, 0.1) is 12.2 Å². The van der Waals surface area contributed by atoms with Crippen molar-refractivity contribution in [2.75, 3.05) is 18.9 Å². The van der Waals surface area contributed by atoms with Crippen LogP contribution in [-0.2, 0) is 6.54 Å². The minimum Gasteiger partial charge on any atom is -0.492 e. The van der Waals surface area contributed by atoms with Crippen molar-refractivity contribution in [2.45, 2.75) is 19.9 Å². The van der Waals surface area contributed by atoms with Crippen molar-refractivity contribution < 1.29 is 9.53 Å². The van der Waals surface area contributed by atoms with Gasteiger partial charge in [0, 0.05) is 12.7 Å². The Bertz CT molecular complexity index is 578. The number of carbonyl (C=O) groups excluding carboxylic acids is 1. The van der Waals surface area contributed by atoms with Crippen LogP contribution in [0.2, 0.25) is 0 Å². The molecule has 5 nitrogen and oxygen atoms in total. The zero-order valence-electron chi connectivity index (χ0n) is 12.2. The molecule has 0 unspecified atom stereocenters. The van der Waals surface area contributed by atoms with E-state index in [2.05, 4.69) is 12.2 Å². The van der Waals surface area contributed by atoms with Gasteiger partial charge in [0.25, 0.3) is 5.91 Å². The van der Waals surface area contributed by atoms with Crippen molar-refractivity contribution in [3.05, 3.63) is 48.3 Å². The number of carbonyl (C=O) groups is 1. The van der Waals surface area contributed by atoms with Gasteiger partial charge in [0.2, 0.25) is 0 Å². The highest BCUT2D eigenvalue weighted by molar-refractivity contribution is 5.93. The normalized spacial score (nSPS) is 10.3. The average Bonchev–Trinajstić information content (AvgIpc) is 2.86. The quantitative estimate of drug-likeness (QED) is 0.768. The number of hydrogen-bond acceptors (Lipinski definition) is 3. The molecule has 0 saturated carbocycles. The van der Waals surface area contributed by atoms with E-state index in [1.807, 2.05) is 34.9 Å². The van der Waals surface area contributed by atoms with Crippen LogP contribution in [0.25, 0.3) is 0 Å². The molecule has 2 aromatic rings. The minimum atomic E-state index is -0.128. The summed E-state index contributed by atoms with van der Waals surface area (Å²) in [6.45, 7) is 3.72. The molecule has 2 rings (SSSR count). The molecule has 0 atom stereocenters. The lowest BCUT2D eigenvalue weighted by atomic mass is 10.3. The van der Waals surface area contributed by atoms with Crippen molar-refractivity contribution in [3.63, 3.8) is 0 Å². The van der Waals surface area contributed by atoms with E-state index in [-0.39, 0.29) is 5.91 Å². The second-order valence-electron chi connectivity index (χ2n) is 4.77. The molecule has 21 heavy (non-hydrogen) atoms. The molecule has 1 amide bonds. The molecule has 0 fully saturated rings. The highest BCUT2D eigenvalue weighted by atomic mass is 16.5. The predicted molar refractivity (Wildman–Crippen MR) is 83.4 cm³/mol. The van der Waals surface area contributed by atoms with Crippen molar-refractivity contribution in [1.29, 1.82) is 0 Å². The van der Waals surface area contributed by atoms with Gasteiger partial charge in [-0.3, -0.25) is 4.79 Å². The number of nitrogens with two attached hydrogens (primary N) is 1. The topological polar surface area (TPSA) is 69.3 Å². The van der Waals surface area contributed by atoms with Crippen LogP contribution in [0.1, 0.15) is 23.8 Å². The summed E-state index contributed by atoms with van der Waals surface area (Å²) in [6.07, 6.45) is 2.74. The smallest absolute Gasteiger partial charge is 0.268 e. The molecule has 5 heteroatoms. The Balaban J connectivity index is 1.82. The Morgan fingerprint density at radius 2 is 2.10 bits per heavy atom. The number of para-hydroxylation sites is 1. The Kier molecular flexibility index (Phi) is 5.26. The Morgan fingerprint density at radius 3 is 2.81 bits per heavy atom. The van der Waals surface area contributed by atoms with Crippen molar-refractivity contribution in [2.24, 2.45) is 0 Å². The van der Waals surface area contributed by atoms with E-state index >= 15 is 0 Å². The number of nitrogens with zero attached hydrogens (tertiary/aromatic N) is 1. The summed E-state index contributed by atoms with van der Waals surface area (Å²) >= 11 is 0. The van der Waals surface area contributed by atoms with Crippen LogP contribution < -0.4 is 15.8 Å². The summed E-state index contributed by atoms with van der Waals surface area (Å²) < 4.78 is 7.41. The number of amides is 1. The number of nitrogen functional groups attached to an aromatic ring is 1. The van der Waals surface area contributed by atoms with Crippen LogP contribution in [-0.4, -0.2) is 23.6 Å². The van der Waals surface area contributed by atoms with E-state index in [4.69, 9.17) is 10.5 Å². The summed E-state index contributed by atoms with van der Waals surface area (Å²) in [6, 6.07) is 11.2. The number of rotatable bonds is 7. The van der Waals surface area contributed by atoms with Gasteiger partial charge in [0.15, 0.2) is 0 Å². The summed E-state index contributed by atoms with van der Waals surface area (Å²) in [5, 5.41) is 2.84. The summed E-state index contributed by atoms with van der Waals surface area (Å²) in [7, 11) is 0. The summed E-state index contributed by atoms with van der Waals surface area (Å²) in [4.78, 5) is 12.1. The average molecular weight is 287 g/mol. The van der Waals surface area contributed by atoms with Crippen LogP contribution in [0.4, 0.5) is 5.69 Å². The minimum absolute atomic E-state index is 0.128. The van der Waals surface area contributed by atoms with Crippen LogP contribution >= 0.6 is 0 Å². The molecule has 0 spiro atoms. The van der Waals surface area contributed by atoms with Gasteiger partial charge < -0.3 is 20.4 Å². The van der Waals surface area contributed by atoms with Crippen LogP contribution in [0.15, 0.2) is 42.6 Å². The molecule has 0 aliphatic rings. The number of hydrogen-bond donors (Lipinski definition) is 2. The number of ether oxygens (including phenoxy) is 1. The first kappa shape index (κ1) is 15.0. The zero-order valence-corrected chi connectivity index (χ0v) is 12.2. The van der Waals surface area contributed by atoms with Crippen LogP contribution in [0, 0.1) is 0 Å². The third-order valence-corrected chi connectivity index (χ3v) is 3.01. The first-order valence-electron chi connectivity index (χ1n) is 7.12. The lowest BCUT2D eigenvalue weighted by Gasteiger charge is -2.09. The van der Waals surface area contributed by atoms with Gasteiger partial charge >= 0.3 is 0 Å². The molecule has 0 aliphatic carbocycles. The fourth-order valence-electron chi connectivity index (χ4n) is 2.09. The second-order valence-corrected chi connectivity index (χ2v) is 4.77. The highest BCUT2D eigenvalue weighted by Gasteiger charge is 2.11. The molecular formula is C16H21N3O2. The Morgan fingerprint density at radius 1 is 1.33 bits per heavy atom. The second kappa shape index (κ2) is 7.38. The molecule has 1 aromatic heterocycles. The van der Waals surface area contributed by atoms with E-state index in [1.54, 1.807) is 12.3 Å². The predicted octanol–water partition coefficient (Wildman–Crippen LogP) is 2.29.